The summed E-state index contributed by atoms with van der Waals surface area (Å²) in [6.07, 6.45) is 0.119. The summed E-state index contributed by atoms with van der Waals surface area (Å²) < 4.78 is 11.8. The van der Waals surface area contributed by atoms with Gasteiger partial charge in [0.1, 0.15) is 6.61 Å². The van der Waals surface area contributed by atoms with Gasteiger partial charge in [0, 0.05) is 8.95 Å². The molecule has 0 radical (unpaired) electrons. The molecule has 4 nitrogen and oxygen atoms in total. The number of carbonyl (C=O) groups is 1. The number of nitrogen functional groups attached to an aromatic ring is 1. The number of anilines is 1. The predicted molar refractivity (Wildman–Crippen MR) is 77.6 cm³/mol. The molecule has 0 aliphatic heterocycles. The first-order chi connectivity index (χ1) is 8.41. The summed E-state index contributed by atoms with van der Waals surface area (Å²) in [7, 11) is 0. The van der Waals surface area contributed by atoms with Crippen molar-refractivity contribution in [3.05, 3.63) is 26.6 Å². The van der Waals surface area contributed by atoms with Gasteiger partial charge in [0.2, 0.25) is 0 Å². The van der Waals surface area contributed by atoms with Crippen LogP contribution in [0.4, 0.5) is 5.69 Å². The maximum atomic E-state index is 11.8. The topological polar surface area (TPSA) is 61.5 Å². The van der Waals surface area contributed by atoms with Crippen molar-refractivity contribution in [3.63, 3.8) is 0 Å². The van der Waals surface area contributed by atoms with Crippen molar-refractivity contribution in [2.75, 3.05) is 18.9 Å². The third-order valence-electron chi connectivity index (χ3n) is 2.08. The number of hydrogen-bond donors (Lipinski definition) is 1. The summed E-state index contributed by atoms with van der Waals surface area (Å²) >= 11 is 6.58. The molecule has 0 saturated heterocycles. The third-order valence-corrected chi connectivity index (χ3v) is 3.20. The summed E-state index contributed by atoms with van der Waals surface area (Å²) in [4.78, 5) is 11.8. The van der Waals surface area contributed by atoms with Gasteiger partial charge in [0.25, 0.3) is 0 Å². The molecule has 0 aromatic heterocycles. The van der Waals surface area contributed by atoms with Crippen molar-refractivity contribution in [1.82, 2.24) is 0 Å². The average Bonchev–Trinajstić information content (AvgIpc) is 2.28. The fraction of sp³-hybridized carbons (Fsp3) is 0.417. The van der Waals surface area contributed by atoms with Gasteiger partial charge in [-0.3, -0.25) is 0 Å². The van der Waals surface area contributed by atoms with Crippen LogP contribution < -0.4 is 5.73 Å². The van der Waals surface area contributed by atoms with Crippen molar-refractivity contribution in [2.24, 2.45) is 0 Å². The lowest BCUT2D eigenvalue weighted by Gasteiger charge is -2.10. The third kappa shape index (κ3) is 4.59. The minimum Gasteiger partial charge on any atom is -0.460 e. The second-order valence-corrected chi connectivity index (χ2v) is 5.67. The van der Waals surface area contributed by atoms with Crippen molar-refractivity contribution >= 4 is 43.5 Å². The second-order valence-electron chi connectivity index (χ2n) is 3.90. The van der Waals surface area contributed by atoms with E-state index in [0.717, 1.165) is 4.47 Å². The Balaban J connectivity index is 2.62. The van der Waals surface area contributed by atoms with Crippen LogP contribution in [0.1, 0.15) is 24.2 Å². The first-order valence-electron chi connectivity index (χ1n) is 5.45. The Hall–Kier alpha value is -0.590. The number of benzene rings is 1. The van der Waals surface area contributed by atoms with E-state index in [1.165, 1.54) is 0 Å². The minimum atomic E-state index is -0.457. The maximum absolute atomic E-state index is 11.8. The zero-order valence-electron chi connectivity index (χ0n) is 10.2. The number of esters is 1. The van der Waals surface area contributed by atoms with Gasteiger partial charge in [0.05, 0.1) is 24.0 Å². The molecule has 100 valence electrons. The van der Waals surface area contributed by atoms with E-state index in [2.05, 4.69) is 31.9 Å². The molecule has 0 fully saturated rings. The van der Waals surface area contributed by atoms with E-state index in [1.54, 1.807) is 12.1 Å². The average molecular weight is 381 g/mol. The Kier molecular flexibility index (Phi) is 6.11. The molecule has 6 heteroatoms. The molecule has 0 aliphatic carbocycles. The zero-order valence-corrected chi connectivity index (χ0v) is 13.4. The fourth-order valence-corrected chi connectivity index (χ4v) is 2.47. The van der Waals surface area contributed by atoms with Gasteiger partial charge in [-0.15, -0.1) is 0 Å². The van der Waals surface area contributed by atoms with E-state index in [0.29, 0.717) is 22.3 Å². The van der Waals surface area contributed by atoms with Crippen molar-refractivity contribution in [2.45, 2.75) is 20.0 Å². The van der Waals surface area contributed by atoms with Gasteiger partial charge < -0.3 is 15.2 Å². The van der Waals surface area contributed by atoms with E-state index in [4.69, 9.17) is 15.2 Å². The number of hydrogen-bond acceptors (Lipinski definition) is 4. The van der Waals surface area contributed by atoms with E-state index in [-0.39, 0.29) is 12.7 Å². The van der Waals surface area contributed by atoms with Gasteiger partial charge in [-0.25, -0.2) is 4.79 Å². The van der Waals surface area contributed by atoms with Gasteiger partial charge in [0.15, 0.2) is 0 Å². The van der Waals surface area contributed by atoms with E-state index >= 15 is 0 Å². The number of rotatable bonds is 5. The van der Waals surface area contributed by atoms with Crippen LogP contribution in [-0.2, 0) is 9.47 Å². The lowest BCUT2D eigenvalue weighted by molar-refractivity contribution is 0.0177. The minimum absolute atomic E-state index is 0.119. The monoisotopic (exact) mass is 379 g/mol. The number of halogens is 2. The van der Waals surface area contributed by atoms with Gasteiger partial charge >= 0.3 is 5.97 Å². The molecule has 0 bridgehead atoms. The quantitative estimate of drug-likeness (QED) is 0.483. The Morgan fingerprint density at radius 3 is 2.61 bits per heavy atom. The lowest BCUT2D eigenvalue weighted by Crippen LogP contribution is -2.14. The van der Waals surface area contributed by atoms with Crippen LogP contribution in [0.15, 0.2) is 21.1 Å². The lowest BCUT2D eigenvalue weighted by atomic mass is 10.2. The number of nitrogens with two attached hydrogens (primary N) is 1. The van der Waals surface area contributed by atoms with E-state index < -0.39 is 5.97 Å². The highest BCUT2D eigenvalue weighted by atomic mass is 79.9. The summed E-state index contributed by atoms with van der Waals surface area (Å²) in [6.45, 7) is 4.43. The molecule has 0 unspecified atom stereocenters. The molecular weight excluding hydrogens is 366 g/mol. The Labute approximate surface area is 123 Å². The predicted octanol–water partition coefficient (Wildman–Crippen LogP) is 3.38. The van der Waals surface area contributed by atoms with Crippen molar-refractivity contribution < 1.29 is 14.3 Å². The molecule has 0 spiro atoms. The zero-order chi connectivity index (χ0) is 13.7. The molecule has 18 heavy (non-hydrogen) atoms. The maximum Gasteiger partial charge on any atom is 0.340 e. The summed E-state index contributed by atoms with van der Waals surface area (Å²) in [6, 6.07) is 3.40. The smallest absolute Gasteiger partial charge is 0.340 e. The largest absolute Gasteiger partial charge is 0.460 e. The van der Waals surface area contributed by atoms with Crippen LogP contribution in [0.3, 0.4) is 0 Å². The van der Waals surface area contributed by atoms with Gasteiger partial charge in [-0.1, -0.05) is 15.9 Å². The first kappa shape index (κ1) is 15.5. The fourth-order valence-electron chi connectivity index (χ4n) is 1.25. The molecule has 1 aromatic rings. The van der Waals surface area contributed by atoms with Crippen LogP contribution in [0, 0.1) is 0 Å². The highest BCUT2D eigenvalue weighted by molar-refractivity contribution is 9.11. The van der Waals surface area contributed by atoms with Gasteiger partial charge in [-0.2, -0.15) is 0 Å². The molecule has 0 amide bonds. The second kappa shape index (κ2) is 7.11. The van der Waals surface area contributed by atoms with Crippen LogP contribution in [0.25, 0.3) is 0 Å². The number of ether oxygens (including phenoxy) is 2. The summed E-state index contributed by atoms with van der Waals surface area (Å²) in [5.74, 6) is -0.457. The normalized spacial score (nSPS) is 10.7. The molecule has 0 heterocycles. The van der Waals surface area contributed by atoms with Crippen LogP contribution in [-0.4, -0.2) is 25.3 Å². The standard InChI is InChI=1S/C12H15Br2NO3/c1-7(2)17-3-4-18-12(16)9-5-8(13)6-10(14)11(9)15/h5-7H,3-4,15H2,1-2H3. The van der Waals surface area contributed by atoms with Crippen molar-refractivity contribution in [1.29, 1.82) is 0 Å². The van der Waals surface area contributed by atoms with Crippen LogP contribution >= 0.6 is 31.9 Å². The summed E-state index contributed by atoms with van der Waals surface area (Å²) in [5, 5.41) is 0. The Morgan fingerprint density at radius 2 is 2.00 bits per heavy atom. The molecule has 2 N–H and O–H groups in total. The first-order valence-corrected chi connectivity index (χ1v) is 7.03. The van der Waals surface area contributed by atoms with E-state index in [9.17, 15) is 4.79 Å². The highest BCUT2D eigenvalue weighted by Gasteiger charge is 2.14. The van der Waals surface area contributed by atoms with Crippen LogP contribution in [0.2, 0.25) is 0 Å². The molecule has 0 aliphatic rings. The molecule has 0 saturated carbocycles. The van der Waals surface area contributed by atoms with Gasteiger partial charge in [-0.05, 0) is 41.9 Å². The Bertz CT molecular complexity index is 436. The molecular formula is C12H15Br2NO3. The highest BCUT2D eigenvalue weighted by Crippen LogP contribution is 2.28. The molecule has 0 atom stereocenters. The molecule has 1 aromatic carbocycles. The van der Waals surface area contributed by atoms with Crippen LogP contribution in [0.5, 0.6) is 0 Å². The number of carbonyl (C=O) groups excluding carboxylic acids is 1. The van der Waals surface area contributed by atoms with E-state index in [1.807, 2.05) is 13.8 Å². The summed E-state index contributed by atoms with van der Waals surface area (Å²) in [5.41, 5.74) is 6.51. The Morgan fingerprint density at radius 1 is 1.33 bits per heavy atom. The SMILES string of the molecule is CC(C)OCCOC(=O)c1cc(Br)cc(Br)c1N. The van der Waals surface area contributed by atoms with Crippen molar-refractivity contribution in [3.8, 4) is 0 Å². The molecule has 1 rings (SSSR count).